The molecule has 1 saturated heterocycles. The van der Waals surface area contributed by atoms with Crippen LogP contribution < -0.4 is 5.32 Å². The van der Waals surface area contributed by atoms with Gasteiger partial charge in [-0.2, -0.15) is 4.98 Å². The van der Waals surface area contributed by atoms with Gasteiger partial charge in [0, 0.05) is 30.2 Å². The van der Waals surface area contributed by atoms with Crippen molar-refractivity contribution in [3.8, 4) is 0 Å². The molecule has 0 radical (unpaired) electrons. The topological polar surface area (TPSA) is 71.3 Å². The summed E-state index contributed by atoms with van der Waals surface area (Å²) in [6, 6.07) is 7.13. The van der Waals surface area contributed by atoms with Gasteiger partial charge >= 0.3 is 0 Å². The van der Waals surface area contributed by atoms with Crippen LogP contribution in [-0.4, -0.2) is 40.6 Å². The minimum atomic E-state index is 0.00748. The van der Waals surface area contributed by atoms with Crippen LogP contribution in [0.1, 0.15) is 36.9 Å². The third-order valence-electron chi connectivity index (χ3n) is 4.18. The van der Waals surface area contributed by atoms with Crippen LogP contribution in [0.4, 0.5) is 5.69 Å². The van der Waals surface area contributed by atoms with Crippen molar-refractivity contribution in [1.82, 2.24) is 15.0 Å². The van der Waals surface area contributed by atoms with E-state index < -0.39 is 0 Å². The zero-order chi connectivity index (χ0) is 16.9. The fraction of sp³-hybridized carbons (Fsp3) is 0.471. The van der Waals surface area contributed by atoms with Crippen molar-refractivity contribution < 1.29 is 9.32 Å². The number of aryl methyl sites for hydroxylation is 1. The standard InChI is InChI=1S/C17H21ClN4O2/c1-12-19-17(24-21-12)13-3-2-9-22(11-13)10-8-16(23)20-15-6-4-14(18)5-7-15/h4-7,13H,2-3,8-11H2,1H3,(H,20,23). The van der Waals surface area contributed by atoms with Crippen LogP contribution in [-0.2, 0) is 4.79 Å². The lowest BCUT2D eigenvalue weighted by Gasteiger charge is -2.30. The predicted octanol–water partition coefficient (Wildman–Crippen LogP) is 3.24. The van der Waals surface area contributed by atoms with Gasteiger partial charge in [-0.3, -0.25) is 4.79 Å². The van der Waals surface area contributed by atoms with E-state index in [1.807, 2.05) is 6.92 Å². The van der Waals surface area contributed by atoms with Crippen LogP contribution >= 0.6 is 11.6 Å². The van der Waals surface area contributed by atoms with Gasteiger partial charge in [0.05, 0.1) is 5.92 Å². The van der Waals surface area contributed by atoms with E-state index in [2.05, 4.69) is 20.4 Å². The van der Waals surface area contributed by atoms with Crippen LogP contribution in [0.15, 0.2) is 28.8 Å². The van der Waals surface area contributed by atoms with Gasteiger partial charge in [0.2, 0.25) is 11.8 Å². The first-order valence-corrected chi connectivity index (χ1v) is 8.56. The van der Waals surface area contributed by atoms with Crippen molar-refractivity contribution in [3.63, 3.8) is 0 Å². The Hall–Kier alpha value is -1.92. The third kappa shape index (κ3) is 4.55. The molecule has 1 amide bonds. The maximum absolute atomic E-state index is 12.1. The summed E-state index contributed by atoms with van der Waals surface area (Å²) in [5, 5.41) is 7.41. The van der Waals surface area contributed by atoms with E-state index in [4.69, 9.17) is 16.1 Å². The Morgan fingerprint density at radius 2 is 2.21 bits per heavy atom. The molecule has 0 bridgehead atoms. The minimum Gasteiger partial charge on any atom is -0.339 e. The lowest BCUT2D eigenvalue weighted by Crippen LogP contribution is -2.36. The van der Waals surface area contributed by atoms with Crippen molar-refractivity contribution >= 4 is 23.2 Å². The number of nitrogens with one attached hydrogen (secondary N) is 1. The van der Waals surface area contributed by atoms with E-state index in [1.165, 1.54) is 0 Å². The quantitative estimate of drug-likeness (QED) is 0.898. The highest BCUT2D eigenvalue weighted by Crippen LogP contribution is 2.25. The fourth-order valence-corrected chi connectivity index (χ4v) is 3.08. The Bertz CT molecular complexity index is 686. The second kappa shape index (κ2) is 7.77. The molecule has 1 unspecified atom stereocenters. The van der Waals surface area contributed by atoms with Crippen molar-refractivity contribution in [1.29, 1.82) is 0 Å². The maximum Gasteiger partial charge on any atom is 0.231 e. The Labute approximate surface area is 146 Å². The Kier molecular flexibility index (Phi) is 5.48. The SMILES string of the molecule is Cc1noc(C2CCCN(CCC(=O)Nc3ccc(Cl)cc3)C2)n1. The lowest BCUT2D eigenvalue weighted by atomic mass is 9.98. The third-order valence-corrected chi connectivity index (χ3v) is 4.43. The van der Waals surface area contributed by atoms with Crippen LogP contribution in [0.2, 0.25) is 5.02 Å². The first kappa shape index (κ1) is 16.9. The number of likely N-dealkylation sites (tertiary alicyclic amines) is 1. The molecule has 1 atom stereocenters. The lowest BCUT2D eigenvalue weighted by molar-refractivity contribution is -0.116. The van der Waals surface area contributed by atoms with Crippen LogP contribution in [0, 0.1) is 6.92 Å². The number of carbonyl (C=O) groups is 1. The van der Waals surface area contributed by atoms with Gasteiger partial charge in [0.1, 0.15) is 0 Å². The second-order valence-electron chi connectivity index (χ2n) is 6.12. The summed E-state index contributed by atoms with van der Waals surface area (Å²) < 4.78 is 5.29. The van der Waals surface area contributed by atoms with Crippen molar-refractivity contribution in [2.24, 2.45) is 0 Å². The molecule has 24 heavy (non-hydrogen) atoms. The molecule has 3 rings (SSSR count). The number of amides is 1. The minimum absolute atomic E-state index is 0.00748. The smallest absolute Gasteiger partial charge is 0.231 e. The Morgan fingerprint density at radius 3 is 2.92 bits per heavy atom. The van der Waals surface area contributed by atoms with E-state index in [0.717, 1.165) is 38.2 Å². The van der Waals surface area contributed by atoms with Gasteiger partial charge in [-0.05, 0) is 50.6 Å². The number of piperidine rings is 1. The number of anilines is 1. The van der Waals surface area contributed by atoms with Gasteiger partial charge < -0.3 is 14.7 Å². The fourth-order valence-electron chi connectivity index (χ4n) is 2.96. The number of hydrogen-bond acceptors (Lipinski definition) is 5. The highest BCUT2D eigenvalue weighted by molar-refractivity contribution is 6.30. The molecule has 2 heterocycles. The van der Waals surface area contributed by atoms with E-state index in [-0.39, 0.29) is 11.8 Å². The summed E-state index contributed by atoms with van der Waals surface area (Å²) in [5.74, 6) is 1.65. The van der Waals surface area contributed by atoms with Crippen LogP contribution in [0.5, 0.6) is 0 Å². The summed E-state index contributed by atoms with van der Waals surface area (Å²) in [4.78, 5) is 18.7. The molecule has 0 saturated carbocycles. The molecule has 1 aliphatic rings. The van der Waals surface area contributed by atoms with E-state index in [0.29, 0.717) is 23.2 Å². The van der Waals surface area contributed by atoms with Crippen LogP contribution in [0.3, 0.4) is 0 Å². The monoisotopic (exact) mass is 348 g/mol. The van der Waals surface area contributed by atoms with Crippen molar-refractivity contribution in [2.45, 2.75) is 32.1 Å². The molecule has 7 heteroatoms. The zero-order valence-corrected chi connectivity index (χ0v) is 14.4. The van der Waals surface area contributed by atoms with E-state index >= 15 is 0 Å². The number of hydrogen-bond donors (Lipinski definition) is 1. The van der Waals surface area contributed by atoms with E-state index in [9.17, 15) is 4.79 Å². The molecule has 0 aliphatic carbocycles. The van der Waals surface area contributed by atoms with Crippen molar-refractivity contribution in [2.75, 3.05) is 25.0 Å². The highest BCUT2D eigenvalue weighted by atomic mass is 35.5. The molecule has 1 aromatic heterocycles. The number of aromatic nitrogens is 2. The highest BCUT2D eigenvalue weighted by Gasteiger charge is 2.25. The van der Waals surface area contributed by atoms with Crippen LogP contribution in [0.25, 0.3) is 0 Å². The molecular formula is C17H21ClN4O2. The molecule has 128 valence electrons. The van der Waals surface area contributed by atoms with Gasteiger partial charge in [0.15, 0.2) is 5.82 Å². The molecule has 2 aromatic rings. The molecule has 0 spiro atoms. The molecule has 1 N–H and O–H groups in total. The average molecular weight is 349 g/mol. The Morgan fingerprint density at radius 1 is 1.42 bits per heavy atom. The molecule has 6 nitrogen and oxygen atoms in total. The van der Waals surface area contributed by atoms with Gasteiger partial charge in [-0.1, -0.05) is 16.8 Å². The van der Waals surface area contributed by atoms with Gasteiger partial charge in [-0.25, -0.2) is 0 Å². The zero-order valence-electron chi connectivity index (χ0n) is 13.7. The number of benzene rings is 1. The summed E-state index contributed by atoms with van der Waals surface area (Å²) in [7, 11) is 0. The maximum atomic E-state index is 12.1. The summed E-state index contributed by atoms with van der Waals surface area (Å²) in [5.41, 5.74) is 0.766. The first-order chi connectivity index (χ1) is 11.6. The molecule has 1 fully saturated rings. The average Bonchev–Trinajstić information content (AvgIpc) is 3.02. The summed E-state index contributed by atoms with van der Waals surface area (Å²) in [6.07, 6.45) is 2.58. The summed E-state index contributed by atoms with van der Waals surface area (Å²) in [6.45, 7) is 4.41. The number of rotatable bonds is 5. The molecule has 1 aliphatic heterocycles. The number of halogens is 1. The largest absolute Gasteiger partial charge is 0.339 e. The van der Waals surface area contributed by atoms with Crippen molar-refractivity contribution in [3.05, 3.63) is 41.0 Å². The van der Waals surface area contributed by atoms with Gasteiger partial charge in [-0.15, -0.1) is 0 Å². The van der Waals surface area contributed by atoms with E-state index in [1.54, 1.807) is 24.3 Å². The Balaban J connectivity index is 1.47. The van der Waals surface area contributed by atoms with Gasteiger partial charge in [0.25, 0.3) is 0 Å². The second-order valence-corrected chi connectivity index (χ2v) is 6.56. The number of carbonyl (C=O) groups excluding carboxylic acids is 1. The predicted molar refractivity (Wildman–Crippen MR) is 92.1 cm³/mol. The first-order valence-electron chi connectivity index (χ1n) is 8.18. The molecular weight excluding hydrogens is 328 g/mol. The number of nitrogens with zero attached hydrogens (tertiary/aromatic N) is 3. The molecule has 1 aromatic carbocycles. The normalized spacial score (nSPS) is 18.5. The summed E-state index contributed by atoms with van der Waals surface area (Å²) >= 11 is 5.84.